The Morgan fingerprint density at radius 1 is 1.67 bits per heavy atom. The molecule has 1 saturated carbocycles. The van der Waals surface area contributed by atoms with Gasteiger partial charge in [-0.2, -0.15) is 0 Å². The van der Waals surface area contributed by atoms with Gasteiger partial charge >= 0.3 is 0 Å². The lowest BCUT2D eigenvalue weighted by atomic mass is 10.4. The molecule has 2 unspecified atom stereocenters. The van der Waals surface area contributed by atoms with Crippen molar-refractivity contribution in [2.45, 2.75) is 25.0 Å². The van der Waals surface area contributed by atoms with Crippen LogP contribution in [0.25, 0.3) is 0 Å². The van der Waals surface area contributed by atoms with E-state index in [1.807, 2.05) is 7.05 Å². The number of aliphatic imine (C=N–C) groups is 1. The highest BCUT2D eigenvalue weighted by atomic mass is 16.5. The van der Waals surface area contributed by atoms with Gasteiger partial charge in [0.15, 0.2) is 5.96 Å². The smallest absolute Gasteiger partial charge is 0.191 e. The maximum absolute atomic E-state index is 5.31. The third kappa shape index (κ3) is 1.69. The zero-order valence-corrected chi connectivity index (χ0v) is 8.14. The Bertz CT molecular complexity index is 193. The lowest BCUT2D eigenvalue weighted by molar-refractivity contribution is 0.0895. The maximum Gasteiger partial charge on any atom is 0.191 e. The van der Waals surface area contributed by atoms with Crippen LogP contribution in [0.1, 0.15) is 13.3 Å². The summed E-state index contributed by atoms with van der Waals surface area (Å²) in [6.07, 6.45) is 1.05. The Balaban J connectivity index is 2.36. The molecule has 0 amide bonds. The minimum absolute atomic E-state index is 0.00674. The molecular weight excluding hydrogens is 154 g/mol. The monoisotopic (exact) mass is 171 g/mol. The summed E-state index contributed by atoms with van der Waals surface area (Å²) in [5.41, 5.74) is 0.00674. The summed E-state index contributed by atoms with van der Waals surface area (Å²) in [5, 5.41) is 6.21. The molecule has 0 bridgehead atoms. The van der Waals surface area contributed by atoms with Crippen molar-refractivity contribution in [1.29, 1.82) is 0 Å². The molecular formula is C8H17N3O. The van der Waals surface area contributed by atoms with E-state index >= 15 is 0 Å². The first-order valence-corrected chi connectivity index (χ1v) is 4.12. The highest BCUT2D eigenvalue weighted by Crippen LogP contribution is 2.38. The van der Waals surface area contributed by atoms with E-state index in [0.29, 0.717) is 6.04 Å². The number of hydrogen-bond acceptors (Lipinski definition) is 2. The molecule has 2 atom stereocenters. The number of rotatable bonds is 2. The molecule has 12 heavy (non-hydrogen) atoms. The molecule has 4 heteroatoms. The van der Waals surface area contributed by atoms with Crippen LogP contribution >= 0.6 is 0 Å². The first-order valence-electron chi connectivity index (χ1n) is 4.12. The summed E-state index contributed by atoms with van der Waals surface area (Å²) in [4.78, 5) is 4.03. The van der Waals surface area contributed by atoms with Gasteiger partial charge in [0.05, 0.1) is 11.6 Å². The number of hydrogen-bond donors (Lipinski definition) is 2. The van der Waals surface area contributed by atoms with Gasteiger partial charge in [0, 0.05) is 27.6 Å². The number of guanidine groups is 1. The van der Waals surface area contributed by atoms with Crippen LogP contribution in [0.4, 0.5) is 0 Å². The molecule has 1 rings (SSSR count). The van der Waals surface area contributed by atoms with E-state index in [-0.39, 0.29) is 5.60 Å². The van der Waals surface area contributed by atoms with E-state index < -0.39 is 0 Å². The van der Waals surface area contributed by atoms with E-state index in [0.717, 1.165) is 12.4 Å². The van der Waals surface area contributed by atoms with Crippen molar-refractivity contribution < 1.29 is 4.74 Å². The molecule has 1 fully saturated rings. The van der Waals surface area contributed by atoms with Gasteiger partial charge in [-0.05, 0) is 6.92 Å². The van der Waals surface area contributed by atoms with Crippen LogP contribution in [0.2, 0.25) is 0 Å². The van der Waals surface area contributed by atoms with Crippen molar-refractivity contribution in [3.8, 4) is 0 Å². The van der Waals surface area contributed by atoms with Gasteiger partial charge in [-0.1, -0.05) is 0 Å². The SMILES string of the molecule is CN=C(NC)NC1CC1(C)OC. The molecule has 0 heterocycles. The molecule has 0 radical (unpaired) electrons. The molecule has 0 saturated heterocycles. The van der Waals surface area contributed by atoms with Crippen LogP contribution in [0.15, 0.2) is 4.99 Å². The first kappa shape index (κ1) is 9.32. The minimum atomic E-state index is 0.00674. The Morgan fingerprint density at radius 2 is 2.33 bits per heavy atom. The third-order valence-electron chi connectivity index (χ3n) is 2.42. The second-order valence-corrected chi connectivity index (χ2v) is 3.24. The highest BCUT2D eigenvalue weighted by Gasteiger charge is 2.51. The molecule has 1 aliphatic carbocycles. The lowest BCUT2D eigenvalue weighted by Gasteiger charge is -2.11. The summed E-state index contributed by atoms with van der Waals surface area (Å²) in [6, 6.07) is 0.397. The second kappa shape index (κ2) is 3.31. The van der Waals surface area contributed by atoms with E-state index in [9.17, 15) is 0 Å². The standard InChI is InChI=1S/C8H17N3O/c1-8(12-4)5-6(8)11-7(9-2)10-3/h6H,5H2,1-4H3,(H2,9,10,11). The van der Waals surface area contributed by atoms with Crippen molar-refractivity contribution in [3.63, 3.8) is 0 Å². The summed E-state index contributed by atoms with van der Waals surface area (Å²) >= 11 is 0. The van der Waals surface area contributed by atoms with Crippen LogP contribution < -0.4 is 10.6 Å². The Labute approximate surface area is 73.4 Å². The van der Waals surface area contributed by atoms with Crippen LogP contribution in [-0.2, 0) is 4.74 Å². The quantitative estimate of drug-likeness (QED) is 0.452. The molecule has 70 valence electrons. The fourth-order valence-corrected chi connectivity index (χ4v) is 1.19. The Kier molecular flexibility index (Phi) is 2.57. The molecule has 1 aliphatic rings. The molecule has 0 spiro atoms. The summed E-state index contributed by atoms with van der Waals surface area (Å²) in [7, 11) is 5.34. The van der Waals surface area contributed by atoms with Gasteiger partial charge in [-0.3, -0.25) is 4.99 Å². The average molecular weight is 171 g/mol. The van der Waals surface area contributed by atoms with E-state index in [1.165, 1.54) is 0 Å². The number of methoxy groups -OCH3 is 1. The lowest BCUT2D eigenvalue weighted by Crippen LogP contribution is -2.39. The average Bonchev–Trinajstić information content (AvgIpc) is 2.74. The van der Waals surface area contributed by atoms with Crippen molar-refractivity contribution >= 4 is 5.96 Å². The van der Waals surface area contributed by atoms with Crippen LogP contribution in [0, 0.1) is 0 Å². The number of nitrogens with zero attached hydrogens (tertiary/aromatic N) is 1. The van der Waals surface area contributed by atoms with Gasteiger partial charge in [0.25, 0.3) is 0 Å². The molecule has 0 aromatic heterocycles. The van der Waals surface area contributed by atoms with E-state index in [2.05, 4.69) is 22.5 Å². The number of ether oxygens (including phenoxy) is 1. The minimum Gasteiger partial charge on any atom is -0.376 e. The summed E-state index contributed by atoms with van der Waals surface area (Å²) < 4.78 is 5.31. The topological polar surface area (TPSA) is 45.7 Å². The van der Waals surface area contributed by atoms with Crippen LogP contribution in [0.3, 0.4) is 0 Å². The summed E-state index contributed by atoms with van der Waals surface area (Å²) in [5.74, 6) is 0.820. The fraction of sp³-hybridized carbons (Fsp3) is 0.875. The zero-order chi connectivity index (χ0) is 9.19. The highest BCUT2D eigenvalue weighted by molar-refractivity contribution is 5.80. The predicted octanol–water partition coefficient (Wildman–Crippen LogP) is -0.0414. The van der Waals surface area contributed by atoms with E-state index in [4.69, 9.17) is 4.74 Å². The third-order valence-corrected chi connectivity index (χ3v) is 2.42. The van der Waals surface area contributed by atoms with Crippen molar-refractivity contribution in [3.05, 3.63) is 0 Å². The van der Waals surface area contributed by atoms with Crippen molar-refractivity contribution in [2.75, 3.05) is 21.2 Å². The van der Waals surface area contributed by atoms with Gasteiger partial charge in [-0.15, -0.1) is 0 Å². The molecule has 0 aliphatic heterocycles. The van der Waals surface area contributed by atoms with Crippen molar-refractivity contribution in [1.82, 2.24) is 10.6 Å². The van der Waals surface area contributed by atoms with E-state index in [1.54, 1.807) is 14.2 Å². The van der Waals surface area contributed by atoms with Gasteiger partial charge in [0.1, 0.15) is 0 Å². The molecule has 0 aromatic rings. The fourth-order valence-electron chi connectivity index (χ4n) is 1.19. The molecule has 4 nitrogen and oxygen atoms in total. The predicted molar refractivity (Wildman–Crippen MR) is 49.4 cm³/mol. The van der Waals surface area contributed by atoms with Gasteiger partial charge < -0.3 is 15.4 Å². The Morgan fingerprint density at radius 3 is 2.67 bits per heavy atom. The second-order valence-electron chi connectivity index (χ2n) is 3.24. The largest absolute Gasteiger partial charge is 0.376 e. The van der Waals surface area contributed by atoms with Crippen molar-refractivity contribution in [2.24, 2.45) is 4.99 Å². The molecule has 2 N–H and O–H groups in total. The molecule has 0 aromatic carbocycles. The van der Waals surface area contributed by atoms with Crippen LogP contribution in [0.5, 0.6) is 0 Å². The van der Waals surface area contributed by atoms with Crippen LogP contribution in [-0.4, -0.2) is 38.8 Å². The first-order chi connectivity index (χ1) is 5.66. The summed E-state index contributed by atoms with van der Waals surface area (Å²) in [6.45, 7) is 2.09. The zero-order valence-electron chi connectivity index (χ0n) is 8.14. The Hall–Kier alpha value is -0.770. The van der Waals surface area contributed by atoms with Gasteiger partial charge in [0.2, 0.25) is 0 Å². The normalized spacial score (nSPS) is 34.7. The van der Waals surface area contributed by atoms with Gasteiger partial charge in [-0.25, -0.2) is 0 Å². The number of nitrogens with one attached hydrogen (secondary N) is 2. The maximum atomic E-state index is 5.31.